The Morgan fingerprint density at radius 2 is 1.94 bits per heavy atom. The number of ether oxygens (including phenoxy) is 3. The lowest BCUT2D eigenvalue weighted by Gasteiger charge is -2.14. The maximum Gasteiger partial charge on any atom is 0.305 e. The van der Waals surface area contributed by atoms with E-state index in [0.717, 1.165) is 13.0 Å². The second-order valence-electron chi connectivity index (χ2n) is 3.90. The fourth-order valence-corrected chi connectivity index (χ4v) is 1.17. The van der Waals surface area contributed by atoms with Gasteiger partial charge in [-0.25, -0.2) is 0 Å². The Morgan fingerprint density at radius 1 is 1.25 bits per heavy atom. The van der Waals surface area contributed by atoms with Crippen molar-refractivity contribution < 1.29 is 19.0 Å². The second kappa shape index (κ2) is 9.57. The van der Waals surface area contributed by atoms with E-state index in [1.165, 1.54) is 0 Å². The molecular formula is C11H23NO4. The van der Waals surface area contributed by atoms with Crippen molar-refractivity contribution in [2.75, 3.05) is 48.1 Å². The van der Waals surface area contributed by atoms with E-state index in [4.69, 9.17) is 14.2 Å². The van der Waals surface area contributed by atoms with Gasteiger partial charge in [0.1, 0.15) is 12.7 Å². The molecule has 0 aliphatic heterocycles. The summed E-state index contributed by atoms with van der Waals surface area (Å²) in [6.07, 6.45) is 1.08. The lowest BCUT2D eigenvalue weighted by Crippen LogP contribution is -2.25. The maximum atomic E-state index is 11.3. The molecule has 0 aromatic rings. The van der Waals surface area contributed by atoms with Crippen LogP contribution in [0.5, 0.6) is 0 Å². The van der Waals surface area contributed by atoms with E-state index in [9.17, 15) is 4.79 Å². The number of esters is 1. The highest BCUT2D eigenvalue weighted by Gasteiger charge is 2.10. The molecule has 0 aliphatic carbocycles. The van der Waals surface area contributed by atoms with Crippen LogP contribution in [0, 0.1) is 0 Å². The molecule has 5 nitrogen and oxygen atoms in total. The van der Waals surface area contributed by atoms with Crippen molar-refractivity contribution in [3.63, 3.8) is 0 Å². The standard InChI is InChI=1S/C11H23NO4/c1-12(2)7-5-6-11(13)16-9-10(15-4)8-14-3/h10H,5-9H2,1-4H3. The molecule has 0 rings (SSSR count). The minimum absolute atomic E-state index is 0.178. The Morgan fingerprint density at radius 3 is 2.44 bits per heavy atom. The summed E-state index contributed by atoms with van der Waals surface area (Å²) in [6.45, 7) is 1.58. The zero-order valence-electron chi connectivity index (χ0n) is 10.7. The van der Waals surface area contributed by atoms with Gasteiger partial charge in [-0.15, -0.1) is 0 Å². The largest absolute Gasteiger partial charge is 0.463 e. The van der Waals surface area contributed by atoms with Gasteiger partial charge in [-0.3, -0.25) is 4.79 Å². The summed E-state index contributed by atoms with van der Waals surface area (Å²) >= 11 is 0. The van der Waals surface area contributed by atoms with Gasteiger partial charge in [0.05, 0.1) is 6.61 Å². The summed E-state index contributed by atoms with van der Waals surface area (Å²) in [7, 11) is 7.12. The third kappa shape index (κ3) is 8.64. The fourth-order valence-electron chi connectivity index (χ4n) is 1.17. The minimum atomic E-state index is -0.181. The van der Waals surface area contributed by atoms with Gasteiger partial charge in [0.2, 0.25) is 0 Å². The van der Waals surface area contributed by atoms with Crippen molar-refractivity contribution in [3.8, 4) is 0 Å². The van der Waals surface area contributed by atoms with Crippen LogP contribution in [-0.4, -0.2) is 65.0 Å². The first-order chi connectivity index (χ1) is 7.60. The summed E-state index contributed by atoms with van der Waals surface area (Å²) in [5.74, 6) is -0.181. The number of hydrogen-bond donors (Lipinski definition) is 0. The van der Waals surface area contributed by atoms with Crippen molar-refractivity contribution in [1.29, 1.82) is 0 Å². The smallest absolute Gasteiger partial charge is 0.305 e. The average molecular weight is 233 g/mol. The van der Waals surface area contributed by atoms with Crippen molar-refractivity contribution in [2.45, 2.75) is 18.9 Å². The summed E-state index contributed by atoms with van der Waals surface area (Å²) in [6, 6.07) is 0. The number of hydrogen-bond acceptors (Lipinski definition) is 5. The Hall–Kier alpha value is -0.650. The molecule has 96 valence electrons. The van der Waals surface area contributed by atoms with E-state index in [2.05, 4.69) is 0 Å². The van der Waals surface area contributed by atoms with Crippen molar-refractivity contribution >= 4 is 5.97 Å². The van der Waals surface area contributed by atoms with Gasteiger partial charge in [0, 0.05) is 20.6 Å². The van der Waals surface area contributed by atoms with E-state index in [0.29, 0.717) is 13.0 Å². The number of carbonyl (C=O) groups is 1. The van der Waals surface area contributed by atoms with Crippen LogP contribution in [0.4, 0.5) is 0 Å². The van der Waals surface area contributed by atoms with E-state index in [1.807, 2.05) is 19.0 Å². The van der Waals surface area contributed by atoms with Gasteiger partial charge in [-0.2, -0.15) is 0 Å². The van der Waals surface area contributed by atoms with Crippen LogP contribution in [0.3, 0.4) is 0 Å². The van der Waals surface area contributed by atoms with Gasteiger partial charge in [-0.1, -0.05) is 0 Å². The molecule has 0 bridgehead atoms. The molecule has 0 N–H and O–H groups in total. The molecule has 0 aromatic carbocycles. The normalized spacial score (nSPS) is 12.8. The minimum Gasteiger partial charge on any atom is -0.463 e. The summed E-state index contributed by atoms with van der Waals surface area (Å²) in [4.78, 5) is 13.3. The molecule has 0 saturated heterocycles. The number of nitrogens with zero attached hydrogens (tertiary/aromatic N) is 1. The van der Waals surface area contributed by atoms with Gasteiger partial charge in [0.15, 0.2) is 0 Å². The highest BCUT2D eigenvalue weighted by molar-refractivity contribution is 5.69. The second-order valence-corrected chi connectivity index (χ2v) is 3.90. The monoisotopic (exact) mass is 233 g/mol. The SMILES string of the molecule is COCC(COC(=O)CCCN(C)C)OC. The van der Waals surface area contributed by atoms with E-state index in [1.54, 1.807) is 14.2 Å². The molecule has 0 spiro atoms. The highest BCUT2D eigenvalue weighted by atomic mass is 16.6. The Balaban J connectivity index is 3.55. The van der Waals surface area contributed by atoms with Crippen LogP contribution in [0.2, 0.25) is 0 Å². The number of rotatable bonds is 9. The predicted octanol–water partition coefficient (Wildman–Crippen LogP) is 0.533. The fraction of sp³-hybridized carbons (Fsp3) is 0.909. The van der Waals surface area contributed by atoms with E-state index in [-0.39, 0.29) is 18.7 Å². The van der Waals surface area contributed by atoms with Gasteiger partial charge < -0.3 is 19.1 Å². The lowest BCUT2D eigenvalue weighted by atomic mass is 10.3. The molecule has 0 amide bonds. The summed E-state index contributed by atoms with van der Waals surface area (Å²) in [5, 5.41) is 0. The molecule has 0 aliphatic rings. The van der Waals surface area contributed by atoms with Gasteiger partial charge >= 0.3 is 5.97 Å². The highest BCUT2D eigenvalue weighted by Crippen LogP contribution is 1.98. The molecule has 0 fully saturated rings. The van der Waals surface area contributed by atoms with Crippen LogP contribution in [-0.2, 0) is 19.0 Å². The molecular weight excluding hydrogens is 210 g/mol. The van der Waals surface area contributed by atoms with E-state index < -0.39 is 0 Å². The van der Waals surface area contributed by atoms with Gasteiger partial charge in [-0.05, 0) is 27.1 Å². The Bertz CT molecular complexity index is 185. The zero-order chi connectivity index (χ0) is 12.4. The Labute approximate surface area is 97.7 Å². The van der Waals surface area contributed by atoms with Crippen molar-refractivity contribution in [1.82, 2.24) is 4.90 Å². The molecule has 1 atom stereocenters. The van der Waals surface area contributed by atoms with Crippen LogP contribution in [0.25, 0.3) is 0 Å². The third-order valence-electron chi connectivity index (χ3n) is 2.10. The average Bonchev–Trinajstić information content (AvgIpc) is 2.23. The van der Waals surface area contributed by atoms with Crippen LogP contribution in [0.15, 0.2) is 0 Å². The quantitative estimate of drug-likeness (QED) is 0.544. The number of methoxy groups -OCH3 is 2. The number of carbonyl (C=O) groups excluding carboxylic acids is 1. The molecule has 5 heteroatoms. The van der Waals surface area contributed by atoms with Crippen LogP contribution < -0.4 is 0 Å². The Kier molecular flexibility index (Phi) is 9.18. The summed E-state index contributed by atoms with van der Waals surface area (Å²) < 4.78 is 15.1. The predicted molar refractivity (Wildman–Crippen MR) is 61.4 cm³/mol. The first-order valence-electron chi connectivity index (χ1n) is 5.42. The van der Waals surface area contributed by atoms with Crippen molar-refractivity contribution in [3.05, 3.63) is 0 Å². The van der Waals surface area contributed by atoms with Crippen LogP contribution in [0.1, 0.15) is 12.8 Å². The van der Waals surface area contributed by atoms with E-state index >= 15 is 0 Å². The first kappa shape index (κ1) is 15.3. The zero-order valence-corrected chi connectivity index (χ0v) is 10.7. The van der Waals surface area contributed by atoms with Gasteiger partial charge in [0.25, 0.3) is 0 Å². The molecule has 1 unspecified atom stereocenters. The molecule has 0 radical (unpaired) electrons. The van der Waals surface area contributed by atoms with Crippen molar-refractivity contribution in [2.24, 2.45) is 0 Å². The molecule has 0 heterocycles. The van der Waals surface area contributed by atoms with Crippen LogP contribution >= 0.6 is 0 Å². The molecule has 0 saturated carbocycles. The topological polar surface area (TPSA) is 48.0 Å². The maximum absolute atomic E-state index is 11.3. The lowest BCUT2D eigenvalue weighted by molar-refractivity contribution is -0.148. The first-order valence-corrected chi connectivity index (χ1v) is 5.42. The third-order valence-corrected chi connectivity index (χ3v) is 2.10. The molecule has 16 heavy (non-hydrogen) atoms. The summed E-state index contributed by atoms with van der Waals surface area (Å²) in [5.41, 5.74) is 0. The molecule has 0 aromatic heterocycles.